The molecule has 5 heteroatoms. The minimum Gasteiger partial charge on any atom is -0.438 e. The zero-order valence-electron chi connectivity index (χ0n) is 17.1. The zero-order chi connectivity index (χ0) is 20.8. The average molecular weight is 402 g/mol. The Morgan fingerprint density at radius 3 is 2.57 bits per heavy atom. The third kappa shape index (κ3) is 5.05. The number of rotatable bonds is 8. The van der Waals surface area contributed by atoms with Crippen LogP contribution in [0, 0.1) is 0 Å². The summed E-state index contributed by atoms with van der Waals surface area (Å²) < 4.78 is 5.84. The number of pyridine rings is 1. The van der Waals surface area contributed by atoms with E-state index in [0.29, 0.717) is 5.75 Å². The molecule has 2 N–H and O–H groups in total. The molecule has 0 bridgehead atoms. The highest BCUT2D eigenvalue weighted by Gasteiger charge is 2.12. The number of ether oxygens (including phenoxy) is 1. The molecule has 0 aliphatic carbocycles. The molecule has 0 radical (unpaired) electrons. The van der Waals surface area contributed by atoms with E-state index in [-0.39, 0.29) is 11.4 Å². The standard InChI is InChI=1S/C25H27N3O2/c26-24(29)23-9-4-14-27-25(23)30-22-8-3-7-21(18-22)20-12-10-19(11-13-20)6-5-17-28-15-1-2-16-28/h3-4,7-14,18H,1-2,5-6,15-17H2,(H2,26,29). The molecule has 0 unspecified atom stereocenters. The Balaban J connectivity index is 1.41. The van der Waals surface area contributed by atoms with Crippen LogP contribution in [0.1, 0.15) is 35.2 Å². The Bertz CT molecular complexity index is 995. The van der Waals surface area contributed by atoms with Gasteiger partial charge >= 0.3 is 0 Å². The molecule has 1 saturated heterocycles. The van der Waals surface area contributed by atoms with Crippen LogP contribution in [-0.2, 0) is 6.42 Å². The summed E-state index contributed by atoms with van der Waals surface area (Å²) in [6.07, 6.45) is 6.59. The fourth-order valence-electron chi connectivity index (χ4n) is 3.89. The molecule has 1 fully saturated rings. The monoisotopic (exact) mass is 401 g/mol. The first-order valence-corrected chi connectivity index (χ1v) is 10.5. The lowest BCUT2D eigenvalue weighted by molar-refractivity contribution is 0.0997. The number of amides is 1. The van der Waals surface area contributed by atoms with Gasteiger partial charge in [0.1, 0.15) is 11.3 Å². The average Bonchev–Trinajstić information content (AvgIpc) is 3.28. The van der Waals surface area contributed by atoms with Gasteiger partial charge < -0.3 is 15.4 Å². The van der Waals surface area contributed by atoms with Crippen LogP contribution in [0.15, 0.2) is 66.9 Å². The molecule has 5 nitrogen and oxygen atoms in total. The third-order valence-corrected chi connectivity index (χ3v) is 5.51. The van der Waals surface area contributed by atoms with E-state index in [0.717, 1.165) is 17.5 Å². The molecule has 1 aliphatic rings. The lowest BCUT2D eigenvalue weighted by Gasteiger charge is -2.14. The van der Waals surface area contributed by atoms with Crippen LogP contribution >= 0.6 is 0 Å². The first-order chi connectivity index (χ1) is 14.7. The maximum absolute atomic E-state index is 11.6. The second-order valence-corrected chi connectivity index (χ2v) is 7.70. The van der Waals surface area contributed by atoms with Crippen LogP contribution in [0.25, 0.3) is 11.1 Å². The van der Waals surface area contributed by atoms with Gasteiger partial charge in [-0.1, -0.05) is 36.4 Å². The lowest BCUT2D eigenvalue weighted by Crippen LogP contribution is -2.20. The number of carbonyl (C=O) groups is 1. The second kappa shape index (κ2) is 9.55. The van der Waals surface area contributed by atoms with Crippen molar-refractivity contribution in [1.29, 1.82) is 0 Å². The van der Waals surface area contributed by atoms with Gasteiger partial charge in [0.05, 0.1) is 0 Å². The van der Waals surface area contributed by atoms with E-state index in [9.17, 15) is 4.79 Å². The summed E-state index contributed by atoms with van der Waals surface area (Å²) in [6, 6.07) is 19.8. The van der Waals surface area contributed by atoms with Crippen molar-refractivity contribution < 1.29 is 9.53 Å². The number of nitrogens with zero attached hydrogens (tertiary/aromatic N) is 2. The van der Waals surface area contributed by atoms with Crippen molar-refractivity contribution >= 4 is 5.91 Å². The van der Waals surface area contributed by atoms with Crippen LogP contribution < -0.4 is 10.5 Å². The van der Waals surface area contributed by atoms with Crippen LogP contribution in [0.2, 0.25) is 0 Å². The largest absolute Gasteiger partial charge is 0.438 e. The first-order valence-electron chi connectivity index (χ1n) is 10.5. The van der Waals surface area contributed by atoms with Crippen molar-refractivity contribution in [2.75, 3.05) is 19.6 Å². The van der Waals surface area contributed by atoms with Gasteiger partial charge in [-0.05, 0) is 86.3 Å². The highest BCUT2D eigenvalue weighted by atomic mass is 16.5. The van der Waals surface area contributed by atoms with E-state index in [1.54, 1.807) is 18.3 Å². The minimum atomic E-state index is -0.561. The van der Waals surface area contributed by atoms with Gasteiger partial charge in [0, 0.05) is 6.20 Å². The van der Waals surface area contributed by atoms with E-state index in [4.69, 9.17) is 10.5 Å². The van der Waals surface area contributed by atoms with Crippen LogP contribution in [0.4, 0.5) is 0 Å². The Kier molecular flexibility index (Phi) is 6.40. The number of hydrogen-bond donors (Lipinski definition) is 1. The highest BCUT2D eigenvalue weighted by molar-refractivity contribution is 5.95. The van der Waals surface area contributed by atoms with Gasteiger partial charge in [-0.3, -0.25) is 4.79 Å². The van der Waals surface area contributed by atoms with Crippen LogP contribution in [0.3, 0.4) is 0 Å². The maximum atomic E-state index is 11.6. The highest BCUT2D eigenvalue weighted by Crippen LogP contribution is 2.28. The van der Waals surface area contributed by atoms with Gasteiger partial charge in [-0.15, -0.1) is 0 Å². The fraction of sp³-hybridized carbons (Fsp3) is 0.280. The quantitative estimate of drug-likeness (QED) is 0.596. The minimum absolute atomic E-state index is 0.218. The van der Waals surface area contributed by atoms with Gasteiger partial charge in [-0.25, -0.2) is 4.98 Å². The number of benzene rings is 2. The third-order valence-electron chi connectivity index (χ3n) is 5.51. The SMILES string of the molecule is NC(=O)c1cccnc1Oc1cccc(-c2ccc(CCCN3CCCC3)cc2)c1. The number of nitrogens with two attached hydrogens (primary N) is 1. The van der Waals surface area contributed by atoms with Crippen LogP contribution in [-0.4, -0.2) is 35.4 Å². The fourth-order valence-corrected chi connectivity index (χ4v) is 3.89. The number of aromatic nitrogens is 1. The van der Waals surface area contributed by atoms with E-state index < -0.39 is 5.91 Å². The summed E-state index contributed by atoms with van der Waals surface area (Å²) in [7, 11) is 0. The molecule has 2 heterocycles. The molecule has 0 atom stereocenters. The summed E-state index contributed by atoms with van der Waals surface area (Å²) in [5.74, 6) is 0.272. The van der Waals surface area contributed by atoms with E-state index in [1.807, 2.05) is 24.3 Å². The Labute approximate surface area is 177 Å². The summed E-state index contributed by atoms with van der Waals surface area (Å²) in [5, 5.41) is 0. The van der Waals surface area contributed by atoms with Crippen LogP contribution in [0.5, 0.6) is 11.6 Å². The van der Waals surface area contributed by atoms with Crippen molar-refractivity contribution in [2.24, 2.45) is 5.73 Å². The molecule has 30 heavy (non-hydrogen) atoms. The van der Waals surface area contributed by atoms with E-state index >= 15 is 0 Å². The Morgan fingerprint density at radius 2 is 1.80 bits per heavy atom. The van der Waals surface area contributed by atoms with Gasteiger partial charge in [0.2, 0.25) is 5.88 Å². The molecule has 0 spiro atoms. The van der Waals surface area contributed by atoms with Crippen molar-refractivity contribution in [2.45, 2.75) is 25.7 Å². The van der Waals surface area contributed by atoms with Crippen molar-refractivity contribution in [3.63, 3.8) is 0 Å². The molecule has 1 aromatic heterocycles. The van der Waals surface area contributed by atoms with Crippen molar-refractivity contribution in [3.8, 4) is 22.8 Å². The molecule has 0 saturated carbocycles. The normalized spacial score (nSPS) is 14.0. The van der Waals surface area contributed by atoms with Gasteiger partial charge in [-0.2, -0.15) is 0 Å². The summed E-state index contributed by atoms with van der Waals surface area (Å²) in [6.45, 7) is 3.72. The molecule has 4 rings (SSSR count). The number of primary amides is 1. The maximum Gasteiger partial charge on any atom is 0.254 e. The van der Waals surface area contributed by atoms with Gasteiger partial charge in [0.25, 0.3) is 5.91 Å². The number of carbonyl (C=O) groups excluding carboxylic acids is 1. The summed E-state index contributed by atoms with van der Waals surface area (Å²) in [4.78, 5) is 18.3. The topological polar surface area (TPSA) is 68.5 Å². The summed E-state index contributed by atoms with van der Waals surface area (Å²) >= 11 is 0. The number of hydrogen-bond acceptors (Lipinski definition) is 4. The van der Waals surface area contributed by atoms with Gasteiger partial charge in [0.15, 0.2) is 0 Å². The molecule has 2 aromatic carbocycles. The predicted molar refractivity (Wildman–Crippen MR) is 119 cm³/mol. The molecule has 3 aromatic rings. The summed E-state index contributed by atoms with van der Waals surface area (Å²) in [5.41, 5.74) is 9.22. The smallest absolute Gasteiger partial charge is 0.254 e. The van der Waals surface area contributed by atoms with Crippen molar-refractivity contribution in [1.82, 2.24) is 9.88 Å². The second-order valence-electron chi connectivity index (χ2n) is 7.70. The lowest BCUT2D eigenvalue weighted by atomic mass is 10.0. The van der Waals surface area contributed by atoms with E-state index in [1.165, 1.54) is 44.5 Å². The molecular formula is C25H27N3O2. The molecular weight excluding hydrogens is 374 g/mol. The molecule has 1 aliphatic heterocycles. The molecule has 154 valence electrons. The Morgan fingerprint density at radius 1 is 1.00 bits per heavy atom. The zero-order valence-corrected chi connectivity index (χ0v) is 17.1. The van der Waals surface area contributed by atoms with E-state index in [2.05, 4.69) is 34.1 Å². The predicted octanol–water partition coefficient (Wildman–Crippen LogP) is 4.67. The molecule has 1 amide bonds. The number of aryl methyl sites for hydroxylation is 1. The number of likely N-dealkylation sites (tertiary alicyclic amines) is 1. The Hall–Kier alpha value is -3.18. The first kappa shape index (κ1) is 20.1. The van der Waals surface area contributed by atoms with Crippen molar-refractivity contribution in [3.05, 3.63) is 78.0 Å².